The number of tetrazole rings is 1. The molecule has 1 aliphatic carbocycles. The Morgan fingerprint density at radius 2 is 2.32 bits per heavy atom. The molecule has 1 saturated carbocycles. The highest BCUT2D eigenvalue weighted by molar-refractivity contribution is 7.10. The molecule has 2 aliphatic rings. The molecule has 0 N–H and O–H groups in total. The number of rotatable bonds is 3. The van der Waals surface area contributed by atoms with Gasteiger partial charge >= 0.3 is 0 Å². The lowest BCUT2D eigenvalue weighted by atomic mass is 10.0. The van der Waals surface area contributed by atoms with Crippen molar-refractivity contribution in [3.63, 3.8) is 0 Å². The van der Waals surface area contributed by atoms with Crippen molar-refractivity contribution in [1.29, 1.82) is 0 Å². The van der Waals surface area contributed by atoms with Crippen molar-refractivity contribution in [2.24, 2.45) is 0 Å². The van der Waals surface area contributed by atoms with Crippen LogP contribution < -0.4 is 0 Å². The molecule has 0 bridgehead atoms. The summed E-state index contributed by atoms with van der Waals surface area (Å²) in [6.45, 7) is 4.25. The first-order valence-electron chi connectivity index (χ1n) is 6.90. The summed E-state index contributed by atoms with van der Waals surface area (Å²) in [6.07, 6.45) is 3.60. The summed E-state index contributed by atoms with van der Waals surface area (Å²) in [7, 11) is 0. The predicted molar refractivity (Wildman–Crippen MR) is 72.9 cm³/mol. The Bertz CT molecular complexity index is 585. The van der Waals surface area contributed by atoms with E-state index in [1.54, 1.807) is 4.88 Å². The van der Waals surface area contributed by atoms with Crippen LogP contribution in [0.15, 0.2) is 11.4 Å². The molecule has 0 saturated heterocycles. The lowest BCUT2D eigenvalue weighted by Gasteiger charge is -2.32. The topological polar surface area (TPSA) is 46.8 Å². The van der Waals surface area contributed by atoms with Gasteiger partial charge in [0.2, 0.25) is 0 Å². The van der Waals surface area contributed by atoms with Gasteiger partial charge in [-0.15, -0.1) is 16.4 Å². The standard InChI is InChI=1S/C13H17N5S/c1-9-11-5-7-19-12(11)4-6-17(9)8-13-14-15-16-18(13)10-2-3-10/h5,7,9-10H,2-4,6,8H2,1H3/t9-/m1/s1. The fourth-order valence-electron chi connectivity index (χ4n) is 2.88. The molecule has 19 heavy (non-hydrogen) atoms. The molecular formula is C13H17N5S. The highest BCUT2D eigenvalue weighted by atomic mass is 32.1. The number of fused-ring (bicyclic) bond motifs is 1. The van der Waals surface area contributed by atoms with Gasteiger partial charge in [-0.1, -0.05) is 0 Å². The molecule has 1 fully saturated rings. The third-order valence-electron chi connectivity index (χ3n) is 4.20. The fourth-order valence-corrected chi connectivity index (χ4v) is 3.84. The number of nitrogens with zero attached hydrogens (tertiary/aromatic N) is 5. The Kier molecular flexibility index (Phi) is 2.66. The zero-order chi connectivity index (χ0) is 12.8. The van der Waals surface area contributed by atoms with Gasteiger partial charge in [0.25, 0.3) is 0 Å². The zero-order valence-corrected chi connectivity index (χ0v) is 11.8. The van der Waals surface area contributed by atoms with Crippen molar-refractivity contribution in [1.82, 2.24) is 25.1 Å². The van der Waals surface area contributed by atoms with Gasteiger partial charge in [0.15, 0.2) is 5.82 Å². The number of hydrogen-bond donors (Lipinski definition) is 0. The normalized spacial score (nSPS) is 23.5. The average molecular weight is 275 g/mol. The Morgan fingerprint density at radius 1 is 1.42 bits per heavy atom. The summed E-state index contributed by atoms with van der Waals surface area (Å²) in [6, 6.07) is 3.29. The number of hydrogen-bond acceptors (Lipinski definition) is 5. The minimum atomic E-state index is 0.472. The maximum atomic E-state index is 4.21. The van der Waals surface area contributed by atoms with Crippen LogP contribution in [0.5, 0.6) is 0 Å². The fraction of sp³-hybridized carbons (Fsp3) is 0.615. The first kappa shape index (κ1) is 11.5. The SMILES string of the molecule is C[C@@H]1c2ccsc2CCN1Cc1nnnn1C1CC1. The van der Waals surface area contributed by atoms with Gasteiger partial charge in [0.1, 0.15) is 0 Å². The Balaban J connectivity index is 1.56. The van der Waals surface area contributed by atoms with Gasteiger partial charge in [-0.25, -0.2) is 4.68 Å². The van der Waals surface area contributed by atoms with Crippen molar-refractivity contribution < 1.29 is 0 Å². The lowest BCUT2D eigenvalue weighted by Crippen LogP contribution is -2.33. The molecule has 0 aromatic carbocycles. The first-order valence-corrected chi connectivity index (χ1v) is 7.78. The van der Waals surface area contributed by atoms with Gasteiger partial charge < -0.3 is 0 Å². The highest BCUT2D eigenvalue weighted by Crippen LogP contribution is 2.36. The molecule has 1 atom stereocenters. The highest BCUT2D eigenvalue weighted by Gasteiger charge is 2.30. The summed E-state index contributed by atoms with van der Waals surface area (Å²) < 4.78 is 2.02. The quantitative estimate of drug-likeness (QED) is 0.861. The summed E-state index contributed by atoms with van der Waals surface area (Å²) in [5.74, 6) is 1.02. The van der Waals surface area contributed by atoms with Crippen molar-refractivity contribution >= 4 is 11.3 Å². The molecule has 2 aromatic rings. The molecule has 6 heteroatoms. The number of aromatic nitrogens is 4. The second-order valence-corrected chi connectivity index (χ2v) is 6.47. The second-order valence-electron chi connectivity index (χ2n) is 5.47. The minimum absolute atomic E-state index is 0.472. The summed E-state index contributed by atoms with van der Waals surface area (Å²) >= 11 is 1.88. The third-order valence-corrected chi connectivity index (χ3v) is 5.20. The molecule has 5 nitrogen and oxygen atoms in total. The first-order chi connectivity index (χ1) is 9.33. The van der Waals surface area contributed by atoms with E-state index in [0.717, 1.165) is 25.3 Å². The summed E-state index contributed by atoms with van der Waals surface area (Å²) in [5, 5.41) is 14.4. The zero-order valence-electron chi connectivity index (χ0n) is 11.0. The van der Waals surface area contributed by atoms with Gasteiger partial charge in [-0.2, -0.15) is 0 Å². The van der Waals surface area contributed by atoms with E-state index in [0.29, 0.717) is 12.1 Å². The van der Waals surface area contributed by atoms with Crippen molar-refractivity contribution in [3.8, 4) is 0 Å². The second kappa shape index (κ2) is 4.38. The van der Waals surface area contributed by atoms with Gasteiger partial charge in [-0.05, 0) is 53.6 Å². The van der Waals surface area contributed by atoms with Crippen molar-refractivity contribution in [2.75, 3.05) is 6.54 Å². The lowest BCUT2D eigenvalue weighted by molar-refractivity contribution is 0.183. The maximum absolute atomic E-state index is 4.21. The molecule has 3 heterocycles. The van der Waals surface area contributed by atoms with Crippen LogP contribution in [-0.4, -0.2) is 31.7 Å². The number of thiophene rings is 1. The maximum Gasteiger partial charge on any atom is 0.165 e. The van der Waals surface area contributed by atoms with E-state index in [-0.39, 0.29) is 0 Å². The molecule has 0 unspecified atom stereocenters. The van der Waals surface area contributed by atoms with Crippen LogP contribution in [0.3, 0.4) is 0 Å². The van der Waals surface area contributed by atoms with E-state index < -0.39 is 0 Å². The van der Waals surface area contributed by atoms with Crippen molar-refractivity contribution in [3.05, 3.63) is 27.7 Å². The van der Waals surface area contributed by atoms with E-state index in [1.165, 1.54) is 18.4 Å². The molecule has 1 aliphatic heterocycles. The van der Waals surface area contributed by atoms with Gasteiger partial charge in [0, 0.05) is 17.5 Å². The van der Waals surface area contributed by atoms with Crippen molar-refractivity contribution in [2.45, 2.75) is 44.8 Å². The monoisotopic (exact) mass is 275 g/mol. The van der Waals surface area contributed by atoms with E-state index in [9.17, 15) is 0 Å². The summed E-state index contributed by atoms with van der Waals surface area (Å²) in [4.78, 5) is 4.03. The molecule has 0 radical (unpaired) electrons. The molecule has 0 spiro atoms. The van der Waals surface area contributed by atoms with E-state index in [4.69, 9.17) is 0 Å². The molecule has 100 valence electrons. The Labute approximate surface area is 116 Å². The van der Waals surface area contributed by atoms with Crippen LogP contribution in [0.1, 0.15) is 48.1 Å². The van der Waals surface area contributed by atoms with E-state index in [2.05, 4.69) is 38.8 Å². The summed E-state index contributed by atoms with van der Waals surface area (Å²) in [5.41, 5.74) is 1.49. The Morgan fingerprint density at radius 3 is 3.16 bits per heavy atom. The molecular weight excluding hydrogens is 258 g/mol. The van der Waals surface area contributed by atoms with Crippen LogP contribution in [0.2, 0.25) is 0 Å². The minimum Gasteiger partial charge on any atom is -0.289 e. The molecule has 2 aromatic heterocycles. The van der Waals surface area contributed by atoms with Crippen LogP contribution in [0, 0.1) is 0 Å². The molecule has 0 amide bonds. The predicted octanol–water partition coefficient (Wildman–Crippen LogP) is 2.19. The third kappa shape index (κ3) is 1.99. The Hall–Kier alpha value is -1.27. The van der Waals surface area contributed by atoms with E-state index >= 15 is 0 Å². The van der Waals surface area contributed by atoms with Gasteiger partial charge in [0.05, 0.1) is 12.6 Å². The van der Waals surface area contributed by atoms with Crippen LogP contribution >= 0.6 is 11.3 Å². The average Bonchev–Trinajstić information content (AvgIpc) is 2.97. The smallest absolute Gasteiger partial charge is 0.165 e. The largest absolute Gasteiger partial charge is 0.289 e. The van der Waals surface area contributed by atoms with E-state index in [1.807, 2.05) is 16.0 Å². The van der Waals surface area contributed by atoms with Crippen LogP contribution in [0.25, 0.3) is 0 Å². The van der Waals surface area contributed by atoms with Gasteiger partial charge in [-0.3, -0.25) is 4.90 Å². The molecule has 4 rings (SSSR count). The van der Waals surface area contributed by atoms with Crippen LogP contribution in [0.4, 0.5) is 0 Å². The van der Waals surface area contributed by atoms with Crippen LogP contribution in [-0.2, 0) is 13.0 Å².